The zero-order valence-electron chi connectivity index (χ0n) is 9.20. The summed E-state index contributed by atoms with van der Waals surface area (Å²) in [7, 11) is 0. The van der Waals surface area contributed by atoms with Gasteiger partial charge in [-0.05, 0) is 25.5 Å². The number of carbonyl (C=O) groups is 1. The van der Waals surface area contributed by atoms with E-state index in [1.807, 2.05) is 6.92 Å². The molecule has 0 radical (unpaired) electrons. The van der Waals surface area contributed by atoms with Crippen molar-refractivity contribution in [1.29, 1.82) is 0 Å². The van der Waals surface area contributed by atoms with Crippen LogP contribution in [0.5, 0.6) is 0 Å². The second-order valence-electron chi connectivity index (χ2n) is 3.50. The van der Waals surface area contributed by atoms with Gasteiger partial charge in [-0.3, -0.25) is 9.89 Å². The number of carbonyl (C=O) groups excluding carboxylic acids is 1. The van der Waals surface area contributed by atoms with Gasteiger partial charge in [0.15, 0.2) is 11.6 Å². The van der Waals surface area contributed by atoms with Gasteiger partial charge in [0, 0.05) is 11.8 Å². The van der Waals surface area contributed by atoms with Crippen molar-refractivity contribution in [2.45, 2.75) is 20.3 Å². The van der Waals surface area contributed by atoms with E-state index in [2.05, 4.69) is 15.5 Å². The Balaban J connectivity index is 2.07. The number of aromatic nitrogens is 2. The van der Waals surface area contributed by atoms with E-state index < -0.39 is 0 Å². The zero-order valence-corrected chi connectivity index (χ0v) is 9.20. The van der Waals surface area contributed by atoms with Crippen molar-refractivity contribution >= 4 is 11.7 Å². The second-order valence-corrected chi connectivity index (χ2v) is 3.50. The first-order valence-electron chi connectivity index (χ1n) is 5.11. The first kappa shape index (κ1) is 10.5. The normalized spacial score (nSPS) is 10.4. The molecule has 2 aromatic heterocycles. The predicted molar refractivity (Wildman–Crippen MR) is 59.4 cm³/mol. The van der Waals surface area contributed by atoms with E-state index in [1.54, 1.807) is 25.1 Å². The van der Waals surface area contributed by atoms with Crippen molar-refractivity contribution in [3.63, 3.8) is 0 Å². The number of nitrogens with zero attached hydrogens (tertiary/aromatic N) is 1. The number of furan rings is 1. The molecule has 5 heteroatoms. The lowest BCUT2D eigenvalue weighted by molar-refractivity contribution is 0.0995. The number of rotatable bonds is 3. The van der Waals surface area contributed by atoms with E-state index in [4.69, 9.17) is 4.42 Å². The summed E-state index contributed by atoms with van der Waals surface area (Å²) in [4.78, 5) is 11.7. The minimum Gasteiger partial charge on any atom is -0.456 e. The molecule has 16 heavy (non-hydrogen) atoms. The minimum atomic E-state index is -0.290. The van der Waals surface area contributed by atoms with E-state index in [9.17, 15) is 4.79 Å². The van der Waals surface area contributed by atoms with Crippen molar-refractivity contribution in [3.8, 4) is 0 Å². The number of aromatic amines is 1. The Morgan fingerprint density at radius 1 is 1.56 bits per heavy atom. The highest BCUT2D eigenvalue weighted by atomic mass is 16.3. The van der Waals surface area contributed by atoms with Gasteiger partial charge in [0.05, 0.1) is 0 Å². The quantitative estimate of drug-likeness (QED) is 0.830. The van der Waals surface area contributed by atoms with Gasteiger partial charge >= 0.3 is 0 Å². The Labute approximate surface area is 92.9 Å². The van der Waals surface area contributed by atoms with Gasteiger partial charge in [0.1, 0.15) is 5.76 Å². The Morgan fingerprint density at radius 3 is 2.94 bits per heavy atom. The summed E-state index contributed by atoms with van der Waals surface area (Å²) in [5.41, 5.74) is 0.978. The number of amides is 1. The molecule has 0 bridgehead atoms. The lowest BCUT2D eigenvalue weighted by atomic mass is 10.3. The molecule has 2 heterocycles. The van der Waals surface area contributed by atoms with E-state index in [-0.39, 0.29) is 5.91 Å². The van der Waals surface area contributed by atoms with E-state index in [0.29, 0.717) is 17.3 Å². The van der Waals surface area contributed by atoms with Crippen LogP contribution in [0.4, 0.5) is 5.82 Å². The Bertz CT molecular complexity index is 499. The first-order valence-corrected chi connectivity index (χ1v) is 5.11. The molecule has 0 saturated heterocycles. The smallest absolute Gasteiger partial charge is 0.292 e. The molecule has 2 aromatic rings. The Hall–Kier alpha value is -2.04. The Kier molecular flexibility index (Phi) is 2.76. The van der Waals surface area contributed by atoms with Crippen LogP contribution in [0.25, 0.3) is 0 Å². The van der Waals surface area contributed by atoms with Gasteiger partial charge in [-0.1, -0.05) is 6.92 Å². The maximum atomic E-state index is 11.7. The molecule has 84 valence electrons. The SMILES string of the molecule is CCc1cc(NC(=O)c2ccc(C)o2)n[nH]1. The molecule has 0 aliphatic rings. The summed E-state index contributed by atoms with van der Waals surface area (Å²) in [6.45, 7) is 3.80. The molecule has 0 fully saturated rings. The molecule has 5 nitrogen and oxygen atoms in total. The van der Waals surface area contributed by atoms with Crippen LogP contribution in [0.15, 0.2) is 22.6 Å². The van der Waals surface area contributed by atoms with Crippen LogP contribution in [0.1, 0.15) is 28.9 Å². The van der Waals surface area contributed by atoms with Gasteiger partial charge in [-0.25, -0.2) is 0 Å². The third kappa shape index (κ3) is 2.13. The average Bonchev–Trinajstić information content (AvgIpc) is 2.87. The first-order chi connectivity index (χ1) is 7.69. The third-order valence-corrected chi connectivity index (χ3v) is 2.22. The summed E-state index contributed by atoms with van der Waals surface area (Å²) in [6, 6.07) is 5.18. The van der Waals surface area contributed by atoms with E-state index >= 15 is 0 Å². The largest absolute Gasteiger partial charge is 0.456 e. The lowest BCUT2D eigenvalue weighted by Crippen LogP contribution is -2.11. The summed E-state index contributed by atoms with van der Waals surface area (Å²) in [5.74, 6) is 1.22. The van der Waals surface area contributed by atoms with Crippen molar-refractivity contribution in [3.05, 3.63) is 35.4 Å². The molecule has 0 spiro atoms. The molecule has 0 saturated carbocycles. The maximum absolute atomic E-state index is 11.7. The van der Waals surface area contributed by atoms with Crippen LogP contribution in [-0.2, 0) is 6.42 Å². The van der Waals surface area contributed by atoms with Crippen LogP contribution in [0, 0.1) is 6.92 Å². The number of hydrogen-bond acceptors (Lipinski definition) is 3. The highest BCUT2D eigenvalue weighted by Gasteiger charge is 2.11. The summed E-state index contributed by atoms with van der Waals surface area (Å²) >= 11 is 0. The minimum absolute atomic E-state index is 0.290. The van der Waals surface area contributed by atoms with E-state index in [0.717, 1.165) is 12.1 Å². The van der Waals surface area contributed by atoms with Crippen molar-refractivity contribution < 1.29 is 9.21 Å². The van der Waals surface area contributed by atoms with Crippen LogP contribution in [0.3, 0.4) is 0 Å². The average molecular weight is 219 g/mol. The van der Waals surface area contributed by atoms with Crippen molar-refractivity contribution in [2.24, 2.45) is 0 Å². The molecule has 0 unspecified atom stereocenters. The van der Waals surface area contributed by atoms with Gasteiger partial charge in [0.2, 0.25) is 0 Å². The summed E-state index contributed by atoms with van der Waals surface area (Å²) in [5, 5.41) is 9.43. The molecular weight excluding hydrogens is 206 g/mol. The molecule has 0 aromatic carbocycles. The van der Waals surface area contributed by atoms with Crippen LogP contribution < -0.4 is 5.32 Å². The number of hydrogen-bond donors (Lipinski definition) is 2. The zero-order chi connectivity index (χ0) is 11.5. The molecule has 2 rings (SSSR count). The molecule has 2 N–H and O–H groups in total. The highest BCUT2D eigenvalue weighted by molar-refractivity contribution is 6.01. The molecule has 0 aliphatic carbocycles. The van der Waals surface area contributed by atoms with Crippen molar-refractivity contribution in [1.82, 2.24) is 10.2 Å². The highest BCUT2D eigenvalue weighted by Crippen LogP contribution is 2.10. The lowest BCUT2D eigenvalue weighted by Gasteiger charge is -1.96. The van der Waals surface area contributed by atoms with Gasteiger partial charge in [0.25, 0.3) is 5.91 Å². The fourth-order valence-corrected chi connectivity index (χ4v) is 1.34. The summed E-state index contributed by atoms with van der Waals surface area (Å²) < 4.78 is 5.20. The number of aryl methyl sites for hydroxylation is 2. The fraction of sp³-hybridized carbons (Fsp3) is 0.273. The van der Waals surface area contributed by atoms with Crippen LogP contribution >= 0.6 is 0 Å². The standard InChI is InChI=1S/C11H13N3O2/c1-3-8-6-10(14-13-8)12-11(15)9-5-4-7(2)16-9/h4-6H,3H2,1-2H3,(H2,12,13,14,15). The number of anilines is 1. The number of H-pyrrole nitrogens is 1. The molecular formula is C11H13N3O2. The maximum Gasteiger partial charge on any atom is 0.292 e. The topological polar surface area (TPSA) is 70.9 Å². The molecule has 1 amide bonds. The molecule has 0 aliphatic heterocycles. The summed E-state index contributed by atoms with van der Waals surface area (Å²) in [6.07, 6.45) is 0.850. The molecule has 0 atom stereocenters. The van der Waals surface area contributed by atoms with Gasteiger partial charge < -0.3 is 9.73 Å². The van der Waals surface area contributed by atoms with Crippen molar-refractivity contribution in [2.75, 3.05) is 5.32 Å². The van der Waals surface area contributed by atoms with Gasteiger partial charge in [-0.15, -0.1) is 0 Å². The predicted octanol–water partition coefficient (Wildman–Crippen LogP) is 2.13. The fourth-order valence-electron chi connectivity index (χ4n) is 1.34. The van der Waals surface area contributed by atoms with E-state index in [1.165, 1.54) is 0 Å². The number of nitrogens with one attached hydrogen (secondary N) is 2. The van der Waals surface area contributed by atoms with Crippen LogP contribution in [0.2, 0.25) is 0 Å². The van der Waals surface area contributed by atoms with Gasteiger partial charge in [-0.2, -0.15) is 5.10 Å². The van der Waals surface area contributed by atoms with Crippen LogP contribution in [-0.4, -0.2) is 16.1 Å². The second kappa shape index (κ2) is 4.22. The monoisotopic (exact) mass is 219 g/mol. The Morgan fingerprint density at radius 2 is 2.38 bits per heavy atom. The third-order valence-electron chi connectivity index (χ3n) is 2.22.